The number of nitrogens with zero attached hydrogens (tertiary/aromatic N) is 1. The van der Waals surface area contributed by atoms with Crippen molar-refractivity contribution in [3.05, 3.63) is 200 Å². The maximum absolute atomic E-state index is 2.32. The quantitative estimate of drug-likeness (QED) is 0.167. The van der Waals surface area contributed by atoms with Crippen molar-refractivity contribution in [2.24, 2.45) is 0 Å². The van der Waals surface area contributed by atoms with Crippen molar-refractivity contribution >= 4 is 49.4 Å². The molecular weight excluding hydrogens is 591 g/mol. The first kappa shape index (κ1) is 28.8. The van der Waals surface area contributed by atoms with E-state index in [0.717, 1.165) is 17.1 Å². The van der Waals surface area contributed by atoms with Gasteiger partial charge >= 0.3 is 0 Å². The van der Waals surface area contributed by atoms with Crippen molar-refractivity contribution in [1.82, 2.24) is 0 Å². The summed E-state index contributed by atoms with van der Waals surface area (Å²) in [4.78, 5) is 2.32. The highest BCUT2D eigenvalue weighted by molar-refractivity contribution is 6.17. The monoisotopic (exact) mass is 623 g/mol. The van der Waals surface area contributed by atoms with E-state index in [1.54, 1.807) is 0 Å². The number of fused-ring (bicyclic) bond motifs is 5. The molecule has 0 atom stereocenters. The predicted octanol–water partition coefficient (Wildman–Crippen LogP) is 13.6. The summed E-state index contributed by atoms with van der Waals surface area (Å²) in [5.41, 5.74) is 10.6. The highest BCUT2D eigenvalue weighted by Gasteiger charge is 2.14. The third kappa shape index (κ3) is 5.42. The Morgan fingerprint density at radius 1 is 0.224 bits per heavy atom. The molecule has 1 nitrogen and oxygen atoms in total. The zero-order valence-corrected chi connectivity index (χ0v) is 27.0. The molecular formula is C48H33N. The van der Waals surface area contributed by atoms with Crippen molar-refractivity contribution < 1.29 is 0 Å². The Hall–Kier alpha value is -6.44. The molecule has 0 aliphatic heterocycles. The molecule has 0 amide bonds. The van der Waals surface area contributed by atoms with E-state index in [2.05, 4.69) is 205 Å². The van der Waals surface area contributed by atoms with Gasteiger partial charge in [-0.25, -0.2) is 0 Å². The average Bonchev–Trinajstić information content (AvgIpc) is 3.19. The van der Waals surface area contributed by atoms with Gasteiger partial charge in [-0.15, -0.1) is 0 Å². The van der Waals surface area contributed by atoms with Crippen LogP contribution in [0, 0.1) is 0 Å². The molecule has 0 spiro atoms. The fraction of sp³-hybridized carbons (Fsp3) is 0. The summed E-state index contributed by atoms with van der Waals surface area (Å²) in [5.74, 6) is 0. The Morgan fingerprint density at radius 2 is 0.653 bits per heavy atom. The molecule has 49 heavy (non-hydrogen) atoms. The van der Waals surface area contributed by atoms with E-state index in [9.17, 15) is 0 Å². The molecule has 230 valence electrons. The molecule has 0 fully saturated rings. The molecule has 0 heterocycles. The Bertz CT molecular complexity index is 2570. The minimum Gasteiger partial charge on any atom is -0.311 e. The van der Waals surface area contributed by atoms with Crippen LogP contribution in [-0.4, -0.2) is 0 Å². The number of anilines is 3. The lowest BCUT2D eigenvalue weighted by Crippen LogP contribution is -2.09. The topological polar surface area (TPSA) is 3.24 Å². The lowest BCUT2D eigenvalue weighted by atomic mass is 9.95. The number of rotatable bonds is 6. The molecule has 1 heteroatoms. The van der Waals surface area contributed by atoms with Crippen LogP contribution >= 0.6 is 0 Å². The minimum absolute atomic E-state index is 1.12. The molecule has 0 unspecified atom stereocenters. The van der Waals surface area contributed by atoms with Crippen molar-refractivity contribution in [2.75, 3.05) is 4.90 Å². The van der Waals surface area contributed by atoms with E-state index in [0.29, 0.717) is 0 Å². The van der Waals surface area contributed by atoms with Gasteiger partial charge < -0.3 is 4.90 Å². The fourth-order valence-corrected chi connectivity index (χ4v) is 7.15. The van der Waals surface area contributed by atoms with Crippen molar-refractivity contribution in [3.63, 3.8) is 0 Å². The number of hydrogen-bond donors (Lipinski definition) is 0. The summed E-state index contributed by atoms with van der Waals surface area (Å²) < 4.78 is 0. The SMILES string of the molecule is c1ccc(-c2cccc(-c3ccc(N(c4ccccc4)c4ccc(-c5ccc6c(ccc7c8ccccc8ccc67)c5)cc4)cc3)c2)cc1. The second-order valence-corrected chi connectivity index (χ2v) is 12.6. The lowest BCUT2D eigenvalue weighted by Gasteiger charge is -2.26. The van der Waals surface area contributed by atoms with Gasteiger partial charge in [-0.05, 0) is 114 Å². The first-order valence-electron chi connectivity index (χ1n) is 16.8. The molecule has 9 rings (SSSR count). The van der Waals surface area contributed by atoms with Crippen LogP contribution in [0.4, 0.5) is 17.1 Å². The van der Waals surface area contributed by atoms with Gasteiger partial charge in [0.15, 0.2) is 0 Å². The smallest absolute Gasteiger partial charge is 0.0462 e. The Morgan fingerprint density at radius 3 is 1.31 bits per heavy atom. The Balaban J connectivity index is 1.04. The van der Waals surface area contributed by atoms with Crippen LogP contribution in [0.1, 0.15) is 0 Å². The van der Waals surface area contributed by atoms with Gasteiger partial charge in [-0.2, -0.15) is 0 Å². The van der Waals surface area contributed by atoms with Crippen LogP contribution in [0.2, 0.25) is 0 Å². The normalized spacial score (nSPS) is 11.3. The Kier molecular flexibility index (Phi) is 7.22. The van der Waals surface area contributed by atoms with Gasteiger partial charge in [0.05, 0.1) is 0 Å². The van der Waals surface area contributed by atoms with Gasteiger partial charge in [0.1, 0.15) is 0 Å². The minimum atomic E-state index is 1.12. The first-order chi connectivity index (χ1) is 24.3. The van der Waals surface area contributed by atoms with Gasteiger partial charge in [0.25, 0.3) is 0 Å². The van der Waals surface area contributed by atoms with Crippen molar-refractivity contribution in [2.45, 2.75) is 0 Å². The highest BCUT2D eigenvalue weighted by Crippen LogP contribution is 2.38. The standard InChI is InChI=1S/C48H33N/c1-3-10-34(11-4-1)38-13-9-14-39(32-38)35-18-25-43(26-19-35)49(42-15-5-2-6-16-42)44-27-20-36(21-28-44)40-23-29-46-41(33-40)24-31-47-45-17-8-7-12-37(45)22-30-48(46)47/h1-33H. The van der Waals surface area contributed by atoms with E-state index in [1.165, 1.54) is 65.7 Å². The largest absolute Gasteiger partial charge is 0.311 e. The predicted molar refractivity (Wildman–Crippen MR) is 210 cm³/mol. The summed E-state index contributed by atoms with van der Waals surface area (Å²) in [5, 5.41) is 7.72. The van der Waals surface area contributed by atoms with Crippen LogP contribution in [0.5, 0.6) is 0 Å². The second-order valence-electron chi connectivity index (χ2n) is 12.6. The van der Waals surface area contributed by atoms with Crippen molar-refractivity contribution in [3.8, 4) is 33.4 Å². The first-order valence-corrected chi connectivity index (χ1v) is 16.8. The third-order valence-corrected chi connectivity index (χ3v) is 9.64. The fourth-order valence-electron chi connectivity index (χ4n) is 7.15. The molecule has 9 aromatic rings. The number of hydrogen-bond acceptors (Lipinski definition) is 1. The van der Waals surface area contributed by atoms with E-state index in [-0.39, 0.29) is 0 Å². The van der Waals surface area contributed by atoms with Crippen LogP contribution < -0.4 is 4.90 Å². The third-order valence-electron chi connectivity index (χ3n) is 9.64. The molecule has 0 radical (unpaired) electrons. The molecule has 0 aliphatic rings. The molecule has 0 aromatic heterocycles. The van der Waals surface area contributed by atoms with E-state index < -0.39 is 0 Å². The van der Waals surface area contributed by atoms with E-state index in [1.807, 2.05) is 0 Å². The van der Waals surface area contributed by atoms with Gasteiger partial charge in [-0.1, -0.05) is 152 Å². The molecule has 0 aliphatic carbocycles. The van der Waals surface area contributed by atoms with Gasteiger partial charge in [-0.3, -0.25) is 0 Å². The van der Waals surface area contributed by atoms with Crippen LogP contribution in [0.3, 0.4) is 0 Å². The maximum Gasteiger partial charge on any atom is 0.0462 e. The summed E-state index contributed by atoms with van der Waals surface area (Å²) in [6.45, 7) is 0. The van der Waals surface area contributed by atoms with Crippen LogP contribution in [-0.2, 0) is 0 Å². The lowest BCUT2D eigenvalue weighted by molar-refractivity contribution is 1.28. The zero-order chi connectivity index (χ0) is 32.6. The Labute approximate surface area is 287 Å². The van der Waals surface area contributed by atoms with E-state index >= 15 is 0 Å². The second kappa shape index (κ2) is 12.3. The number of para-hydroxylation sites is 1. The zero-order valence-electron chi connectivity index (χ0n) is 27.0. The number of benzene rings is 9. The highest BCUT2D eigenvalue weighted by atomic mass is 15.1. The molecule has 0 N–H and O–H groups in total. The molecule has 0 saturated carbocycles. The molecule has 0 saturated heterocycles. The summed E-state index contributed by atoms with van der Waals surface area (Å²) in [7, 11) is 0. The summed E-state index contributed by atoms with van der Waals surface area (Å²) in [6, 6.07) is 72.3. The van der Waals surface area contributed by atoms with Gasteiger partial charge in [0, 0.05) is 17.1 Å². The van der Waals surface area contributed by atoms with Gasteiger partial charge in [0.2, 0.25) is 0 Å². The van der Waals surface area contributed by atoms with E-state index in [4.69, 9.17) is 0 Å². The summed E-state index contributed by atoms with van der Waals surface area (Å²) >= 11 is 0. The summed E-state index contributed by atoms with van der Waals surface area (Å²) in [6.07, 6.45) is 0. The maximum atomic E-state index is 2.32. The molecule has 0 bridgehead atoms. The van der Waals surface area contributed by atoms with Crippen LogP contribution in [0.15, 0.2) is 200 Å². The molecule has 9 aromatic carbocycles. The average molecular weight is 624 g/mol. The van der Waals surface area contributed by atoms with Crippen molar-refractivity contribution in [1.29, 1.82) is 0 Å². The van der Waals surface area contributed by atoms with Crippen LogP contribution in [0.25, 0.3) is 65.7 Å².